The third-order valence-electron chi connectivity index (χ3n) is 4.29. The molecular weight excluding hydrogens is 384 g/mol. The minimum absolute atomic E-state index is 0.00155. The summed E-state index contributed by atoms with van der Waals surface area (Å²) in [5.74, 6) is 1.48. The number of aromatic nitrogens is 1. The highest BCUT2D eigenvalue weighted by Crippen LogP contribution is 2.29. The quantitative estimate of drug-likeness (QED) is 0.651. The second-order valence-electron chi connectivity index (χ2n) is 6.03. The number of carbonyl (C=O) groups excluding carboxylic acids is 1. The molecule has 0 aliphatic carbocycles. The summed E-state index contributed by atoms with van der Waals surface area (Å²) in [6.07, 6.45) is 0. The first kappa shape index (κ1) is 16.3. The number of aryl methyl sites for hydroxylation is 1. The number of ether oxygens (including phenoxy) is 1. The van der Waals surface area contributed by atoms with E-state index >= 15 is 0 Å². The van der Waals surface area contributed by atoms with Gasteiger partial charge >= 0.3 is 0 Å². The molecule has 5 nitrogen and oxygen atoms in total. The number of morpholine rings is 1. The van der Waals surface area contributed by atoms with Crippen molar-refractivity contribution in [2.24, 2.45) is 0 Å². The molecule has 0 spiro atoms. The van der Waals surface area contributed by atoms with Crippen molar-refractivity contribution in [3.8, 4) is 11.5 Å². The van der Waals surface area contributed by atoms with Gasteiger partial charge in [0, 0.05) is 22.9 Å². The van der Waals surface area contributed by atoms with Gasteiger partial charge in [-0.15, -0.1) is 0 Å². The molecule has 1 amide bonds. The fraction of sp³-hybridized carbons (Fsp3) is 0.263. The largest absolute Gasteiger partial charge is 0.460 e. The average molecular weight is 401 g/mol. The topological polar surface area (TPSA) is 55.6 Å². The van der Waals surface area contributed by atoms with E-state index in [4.69, 9.17) is 9.15 Å². The van der Waals surface area contributed by atoms with E-state index < -0.39 is 0 Å². The van der Waals surface area contributed by atoms with Gasteiger partial charge in [0.2, 0.25) is 0 Å². The van der Waals surface area contributed by atoms with Crippen LogP contribution in [-0.4, -0.2) is 42.1 Å². The van der Waals surface area contributed by atoms with Crippen LogP contribution in [0.5, 0.6) is 0 Å². The summed E-state index contributed by atoms with van der Waals surface area (Å²) in [5.41, 5.74) is 2.07. The molecule has 3 heterocycles. The molecule has 0 unspecified atom stereocenters. The molecule has 4 rings (SSSR count). The van der Waals surface area contributed by atoms with Gasteiger partial charge in [-0.05, 0) is 43.3 Å². The van der Waals surface area contributed by atoms with Gasteiger partial charge in [0.1, 0.15) is 11.5 Å². The highest BCUT2D eigenvalue weighted by Gasteiger charge is 2.22. The number of fused-ring (bicyclic) bond motifs is 1. The molecule has 0 atom stereocenters. The van der Waals surface area contributed by atoms with Gasteiger partial charge in [0.25, 0.3) is 5.91 Å². The van der Waals surface area contributed by atoms with Gasteiger partial charge in [-0.1, -0.05) is 15.9 Å². The van der Waals surface area contributed by atoms with Crippen LogP contribution in [0.4, 0.5) is 0 Å². The molecule has 0 radical (unpaired) electrons. The minimum atomic E-state index is -0.00155. The number of amides is 1. The van der Waals surface area contributed by atoms with E-state index in [2.05, 4.69) is 20.9 Å². The van der Waals surface area contributed by atoms with Crippen LogP contribution in [0.15, 0.2) is 45.3 Å². The Morgan fingerprint density at radius 2 is 1.96 bits per heavy atom. The van der Waals surface area contributed by atoms with E-state index in [1.54, 1.807) is 0 Å². The molecule has 1 saturated heterocycles. The van der Waals surface area contributed by atoms with Gasteiger partial charge in [-0.2, -0.15) is 0 Å². The zero-order valence-electron chi connectivity index (χ0n) is 13.8. The molecule has 128 valence electrons. The predicted octanol–water partition coefficient (Wildman–Crippen LogP) is 4.04. The minimum Gasteiger partial charge on any atom is -0.460 e. The molecule has 3 aromatic rings. The van der Waals surface area contributed by atoms with Crippen molar-refractivity contribution in [1.29, 1.82) is 0 Å². The average Bonchev–Trinajstić information content (AvgIpc) is 3.07. The number of carbonyl (C=O) groups is 1. The number of hydrogen-bond donors (Lipinski definition) is 0. The van der Waals surface area contributed by atoms with E-state index in [-0.39, 0.29) is 5.91 Å². The number of hydrogen-bond acceptors (Lipinski definition) is 4. The van der Waals surface area contributed by atoms with Gasteiger partial charge < -0.3 is 14.1 Å². The molecule has 1 aliphatic heterocycles. The first-order valence-corrected chi connectivity index (χ1v) is 8.95. The lowest BCUT2D eigenvalue weighted by molar-refractivity contribution is 0.0304. The first-order chi connectivity index (χ1) is 12.1. The van der Waals surface area contributed by atoms with Crippen molar-refractivity contribution < 1.29 is 13.9 Å². The molecule has 1 aromatic carbocycles. The Morgan fingerprint density at radius 1 is 1.16 bits per heavy atom. The second-order valence-corrected chi connectivity index (χ2v) is 6.95. The SMILES string of the molecule is Cc1ccc(-c2cc(C(=O)N3CCOCC3)c3cc(Br)ccc3n2)o1. The Balaban J connectivity index is 1.87. The van der Waals surface area contributed by atoms with Crippen molar-refractivity contribution in [1.82, 2.24) is 9.88 Å². The number of nitrogens with zero attached hydrogens (tertiary/aromatic N) is 2. The number of halogens is 1. The molecule has 1 fully saturated rings. The van der Waals surface area contributed by atoms with E-state index in [1.165, 1.54) is 0 Å². The van der Waals surface area contributed by atoms with Gasteiger partial charge in [0.05, 0.1) is 24.3 Å². The Labute approximate surface area is 153 Å². The Hall–Kier alpha value is -2.18. The molecule has 25 heavy (non-hydrogen) atoms. The van der Waals surface area contributed by atoms with Crippen molar-refractivity contribution in [2.75, 3.05) is 26.3 Å². The van der Waals surface area contributed by atoms with E-state index in [0.29, 0.717) is 43.3 Å². The lowest BCUT2D eigenvalue weighted by Crippen LogP contribution is -2.40. The zero-order chi connectivity index (χ0) is 17.4. The Bertz CT molecular complexity index is 945. The second kappa shape index (κ2) is 6.61. The molecule has 6 heteroatoms. The van der Waals surface area contributed by atoms with Crippen LogP contribution in [0.25, 0.3) is 22.4 Å². The smallest absolute Gasteiger partial charge is 0.254 e. The number of furan rings is 1. The third kappa shape index (κ3) is 3.19. The molecule has 0 bridgehead atoms. The van der Waals surface area contributed by atoms with Crippen molar-refractivity contribution >= 4 is 32.7 Å². The van der Waals surface area contributed by atoms with E-state index in [0.717, 1.165) is 21.1 Å². The first-order valence-electron chi connectivity index (χ1n) is 8.16. The number of benzene rings is 1. The maximum atomic E-state index is 13.1. The molecule has 2 aromatic heterocycles. The highest BCUT2D eigenvalue weighted by atomic mass is 79.9. The summed E-state index contributed by atoms with van der Waals surface area (Å²) >= 11 is 3.49. The van der Waals surface area contributed by atoms with Crippen molar-refractivity contribution in [2.45, 2.75) is 6.92 Å². The zero-order valence-corrected chi connectivity index (χ0v) is 15.4. The van der Waals surface area contributed by atoms with E-state index in [1.807, 2.05) is 48.2 Å². The van der Waals surface area contributed by atoms with Crippen LogP contribution in [-0.2, 0) is 4.74 Å². The number of pyridine rings is 1. The van der Waals surface area contributed by atoms with Crippen molar-refractivity contribution in [3.63, 3.8) is 0 Å². The Kier molecular flexibility index (Phi) is 4.31. The van der Waals surface area contributed by atoms with Gasteiger partial charge in [-0.25, -0.2) is 4.98 Å². The van der Waals surface area contributed by atoms with Crippen LogP contribution >= 0.6 is 15.9 Å². The summed E-state index contributed by atoms with van der Waals surface area (Å²) < 4.78 is 12.0. The van der Waals surface area contributed by atoms with Crippen LogP contribution in [0.3, 0.4) is 0 Å². The van der Waals surface area contributed by atoms with Gasteiger partial charge in [-0.3, -0.25) is 4.79 Å². The summed E-state index contributed by atoms with van der Waals surface area (Å²) in [6.45, 7) is 4.24. The van der Waals surface area contributed by atoms with Crippen molar-refractivity contribution in [3.05, 3.63) is 52.2 Å². The summed E-state index contributed by atoms with van der Waals surface area (Å²) in [6, 6.07) is 11.4. The van der Waals surface area contributed by atoms with Crippen LogP contribution < -0.4 is 0 Å². The summed E-state index contributed by atoms with van der Waals surface area (Å²) in [7, 11) is 0. The van der Waals surface area contributed by atoms with Crippen LogP contribution in [0, 0.1) is 6.92 Å². The maximum absolute atomic E-state index is 13.1. The number of rotatable bonds is 2. The Morgan fingerprint density at radius 3 is 2.68 bits per heavy atom. The van der Waals surface area contributed by atoms with Crippen LogP contribution in [0.1, 0.15) is 16.1 Å². The highest BCUT2D eigenvalue weighted by molar-refractivity contribution is 9.10. The molecular formula is C19H17BrN2O3. The van der Waals surface area contributed by atoms with Gasteiger partial charge in [0.15, 0.2) is 5.76 Å². The third-order valence-corrected chi connectivity index (χ3v) is 4.79. The summed E-state index contributed by atoms with van der Waals surface area (Å²) in [5, 5.41) is 0.831. The summed E-state index contributed by atoms with van der Waals surface area (Å²) in [4.78, 5) is 19.6. The molecule has 0 N–H and O–H groups in total. The molecule has 0 saturated carbocycles. The fourth-order valence-electron chi connectivity index (χ4n) is 3.01. The maximum Gasteiger partial charge on any atom is 0.254 e. The fourth-order valence-corrected chi connectivity index (χ4v) is 3.37. The monoisotopic (exact) mass is 400 g/mol. The normalized spacial score (nSPS) is 14.9. The lowest BCUT2D eigenvalue weighted by Gasteiger charge is -2.27. The van der Waals surface area contributed by atoms with Crippen LogP contribution in [0.2, 0.25) is 0 Å². The van der Waals surface area contributed by atoms with E-state index in [9.17, 15) is 4.79 Å². The predicted molar refractivity (Wildman–Crippen MR) is 98.6 cm³/mol. The lowest BCUT2D eigenvalue weighted by atomic mass is 10.1. The molecule has 1 aliphatic rings. The standard InChI is InChI=1S/C19H17BrN2O3/c1-12-2-5-18(25-12)17-11-15(19(23)22-6-8-24-9-7-22)14-10-13(20)3-4-16(14)21-17/h2-5,10-11H,6-9H2,1H3.